The number of aromatic amines is 1. The molecule has 0 radical (unpaired) electrons. The number of carbonyl (C=O) groups is 1. The van der Waals surface area contributed by atoms with Crippen LogP contribution in [0.1, 0.15) is 29.7 Å². The monoisotopic (exact) mass is 322 g/mol. The lowest BCUT2D eigenvalue weighted by Crippen LogP contribution is -2.21. The van der Waals surface area contributed by atoms with Gasteiger partial charge in [-0.1, -0.05) is 13.3 Å². The Bertz CT molecular complexity index is 428. The van der Waals surface area contributed by atoms with Crippen molar-refractivity contribution in [1.82, 2.24) is 9.97 Å². The topological polar surface area (TPSA) is 72.0 Å². The molecule has 1 rings (SSSR count). The highest BCUT2D eigenvalue weighted by Gasteiger charge is 2.13. The quantitative estimate of drug-likeness (QED) is 0.668. The van der Waals surface area contributed by atoms with Crippen molar-refractivity contribution in [3.8, 4) is 0 Å². The summed E-state index contributed by atoms with van der Waals surface area (Å²) in [5.41, 5.74) is 0.344. The molecule has 1 heterocycles. The van der Waals surface area contributed by atoms with Crippen LogP contribution in [0.25, 0.3) is 0 Å². The maximum absolute atomic E-state index is 11.4. The van der Waals surface area contributed by atoms with Crippen LogP contribution in [0.5, 0.6) is 0 Å². The fourth-order valence-electron chi connectivity index (χ4n) is 1.10. The molecule has 6 heteroatoms. The minimum Gasteiger partial charge on any atom is -0.463 e. The number of rotatable bonds is 3. The number of H-pyrrole nitrogens is 1. The molecule has 0 aliphatic carbocycles. The summed E-state index contributed by atoms with van der Waals surface area (Å²) in [4.78, 5) is 29.1. The van der Waals surface area contributed by atoms with Crippen molar-refractivity contribution in [1.29, 1.82) is 0 Å². The summed E-state index contributed by atoms with van der Waals surface area (Å²) in [6.45, 7) is 1.98. The Morgan fingerprint density at radius 3 is 2.80 bits per heavy atom. The molecular weight excluding hydrogens is 311 g/mol. The average Bonchev–Trinajstić information content (AvgIpc) is 2.23. The fraction of sp³-hybridized carbons (Fsp3) is 0.444. The number of hydrogen-bond acceptors (Lipinski definition) is 4. The van der Waals surface area contributed by atoms with E-state index in [1.807, 2.05) is 29.5 Å². The minimum atomic E-state index is -0.624. The first-order valence-electron chi connectivity index (χ1n) is 4.47. The number of ether oxygens (including phenoxy) is 1. The van der Waals surface area contributed by atoms with Crippen molar-refractivity contribution >= 4 is 28.6 Å². The maximum Gasteiger partial charge on any atom is 0.374 e. The Labute approximate surface area is 100 Å². The van der Waals surface area contributed by atoms with Crippen LogP contribution in [-0.2, 0) is 11.2 Å². The zero-order valence-electron chi connectivity index (χ0n) is 8.46. The van der Waals surface area contributed by atoms with E-state index in [1.165, 1.54) is 7.11 Å². The highest BCUT2D eigenvalue weighted by molar-refractivity contribution is 14.1. The molecule has 1 aromatic heterocycles. The lowest BCUT2D eigenvalue weighted by Gasteiger charge is -2.03. The summed E-state index contributed by atoms with van der Waals surface area (Å²) >= 11 is 1.92. The van der Waals surface area contributed by atoms with E-state index < -0.39 is 5.97 Å². The highest BCUT2D eigenvalue weighted by Crippen LogP contribution is 2.07. The van der Waals surface area contributed by atoms with Gasteiger partial charge >= 0.3 is 5.97 Å². The summed E-state index contributed by atoms with van der Waals surface area (Å²) in [5, 5.41) is 0. The van der Waals surface area contributed by atoms with Gasteiger partial charge in [-0.2, -0.15) is 0 Å². The van der Waals surface area contributed by atoms with Crippen LogP contribution in [0.2, 0.25) is 0 Å². The third kappa shape index (κ3) is 2.77. The molecule has 0 saturated heterocycles. The van der Waals surface area contributed by atoms with Crippen molar-refractivity contribution in [3.63, 3.8) is 0 Å². The van der Waals surface area contributed by atoms with Gasteiger partial charge in [-0.25, -0.2) is 9.78 Å². The number of methoxy groups -OCH3 is 1. The third-order valence-electron chi connectivity index (χ3n) is 1.80. The van der Waals surface area contributed by atoms with E-state index in [9.17, 15) is 9.59 Å². The van der Waals surface area contributed by atoms with E-state index in [0.29, 0.717) is 15.7 Å². The van der Waals surface area contributed by atoms with Gasteiger partial charge in [-0.15, -0.1) is 0 Å². The summed E-state index contributed by atoms with van der Waals surface area (Å²) < 4.78 is 5.02. The van der Waals surface area contributed by atoms with E-state index in [0.717, 1.165) is 6.42 Å². The van der Waals surface area contributed by atoms with Gasteiger partial charge in [0.25, 0.3) is 5.56 Å². The fourth-order valence-corrected chi connectivity index (χ4v) is 1.63. The Balaban J connectivity index is 3.23. The summed E-state index contributed by atoms with van der Waals surface area (Å²) in [5.74, 6) is -0.660. The van der Waals surface area contributed by atoms with Crippen molar-refractivity contribution < 1.29 is 9.53 Å². The van der Waals surface area contributed by atoms with Crippen molar-refractivity contribution in [2.45, 2.75) is 19.8 Å². The Morgan fingerprint density at radius 1 is 1.60 bits per heavy atom. The molecular formula is C9H11IN2O3. The zero-order chi connectivity index (χ0) is 11.4. The number of carbonyl (C=O) groups excluding carboxylic acids is 1. The van der Waals surface area contributed by atoms with Crippen LogP contribution in [0.4, 0.5) is 0 Å². The van der Waals surface area contributed by atoms with Gasteiger partial charge in [0, 0.05) is 0 Å². The lowest BCUT2D eigenvalue weighted by atomic mass is 10.2. The van der Waals surface area contributed by atoms with E-state index >= 15 is 0 Å². The normalized spacial score (nSPS) is 10.1. The van der Waals surface area contributed by atoms with Crippen molar-refractivity contribution in [2.75, 3.05) is 7.11 Å². The smallest absolute Gasteiger partial charge is 0.374 e. The van der Waals surface area contributed by atoms with Crippen molar-refractivity contribution in [2.24, 2.45) is 0 Å². The van der Waals surface area contributed by atoms with E-state index in [-0.39, 0.29) is 11.4 Å². The number of nitrogens with one attached hydrogen (secondary N) is 1. The van der Waals surface area contributed by atoms with E-state index in [4.69, 9.17) is 0 Å². The molecule has 1 N–H and O–H groups in total. The van der Waals surface area contributed by atoms with E-state index in [2.05, 4.69) is 14.7 Å². The van der Waals surface area contributed by atoms with Crippen molar-refractivity contribution in [3.05, 3.63) is 25.4 Å². The summed E-state index contributed by atoms with van der Waals surface area (Å²) in [6, 6.07) is 0. The molecule has 15 heavy (non-hydrogen) atoms. The van der Waals surface area contributed by atoms with Crippen LogP contribution in [-0.4, -0.2) is 23.0 Å². The Morgan fingerprint density at radius 2 is 2.27 bits per heavy atom. The van der Waals surface area contributed by atoms with Gasteiger partial charge < -0.3 is 4.74 Å². The lowest BCUT2D eigenvalue weighted by molar-refractivity contribution is 0.0585. The Kier molecular flexibility index (Phi) is 4.25. The molecule has 82 valence electrons. The maximum atomic E-state index is 11.4. The molecule has 0 fully saturated rings. The number of hydrogen-bond donors (Lipinski definition) is 1. The van der Waals surface area contributed by atoms with Gasteiger partial charge in [0.2, 0.25) is 5.82 Å². The molecule has 5 nitrogen and oxygen atoms in total. The summed E-state index contributed by atoms with van der Waals surface area (Å²) in [6.07, 6.45) is 1.54. The standard InChI is InChI=1S/C9H11IN2O3/c1-3-4-5-6(10)8(13)12-7(11-5)9(14)15-2/h3-4H2,1-2H3,(H,11,12,13). The van der Waals surface area contributed by atoms with Crippen LogP contribution >= 0.6 is 22.6 Å². The van der Waals surface area contributed by atoms with Crippen LogP contribution in [0.15, 0.2) is 4.79 Å². The predicted molar refractivity (Wildman–Crippen MR) is 62.9 cm³/mol. The molecule has 0 aliphatic rings. The molecule has 1 aromatic rings. The van der Waals surface area contributed by atoms with Crippen LogP contribution in [0.3, 0.4) is 0 Å². The molecule has 0 aromatic carbocycles. The van der Waals surface area contributed by atoms with Gasteiger partial charge in [0.05, 0.1) is 16.4 Å². The SMILES string of the molecule is CCCc1nc(C(=O)OC)[nH]c(=O)c1I. The average molecular weight is 322 g/mol. The predicted octanol–water partition coefficient (Wildman–Crippen LogP) is 1.11. The molecule has 0 atom stereocenters. The molecule has 0 saturated carbocycles. The second-order valence-electron chi connectivity index (χ2n) is 2.92. The number of esters is 1. The minimum absolute atomic E-state index is 0.0358. The first kappa shape index (κ1) is 12.2. The largest absolute Gasteiger partial charge is 0.463 e. The molecule has 0 spiro atoms. The number of aryl methyl sites for hydroxylation is 1. The third-order valence-corrected chi connectivity index (χ3v) is 2.91. The van der Waals surface area contributed by atoms with Crippen LogP contribution < -0.4 is 5.56 Å². The zero-order valence-corrected chi connectivity index (χ0v) is 10.6. The van der Waals surface area contributed by atoms with Gasteiger partial charge in [-0.05, 0) is 29.0 Å². The van der Waals surface area contributed by atoms with E-state index in [1.54, 1.807) is 0 Å². The first-order valence-corrected chi connectivity index (χ1v) is 5.55. The van der Waals surface area contributed by atoms with Gasteiger partial charge in [0.15, 0.2) is 0 Å². The van der Waals surface area contributed by atoms with Gasteiger partial charge in [0.1, 0.15) is 0 Å². The van der Waals surface area contributed by atoms with Gasteiger partial charge in [-0.3, -0.25) is 9.78 Å². The second kappa shape index (κ2) is 5.24. The number of nitrogens with zero attached hydrogens (tertiary/aromatic N) is 1. The molecule has 0 aliphatic heterocycles. The summed E-state index contributed by atoms with van der Waals surface area (Å²) in [7, 11) is 1.25. The second-order valence-corrected chi connectivity index (χ2v) is 4.00. The first-order chi connectivity index (χ1) is 7.10. The Hall–Kier alpha value is -0.920. The molecule has 0 amide bonds. The molecule has 0 bridgehead atoms. The number of aromatic nitrogens is 2. The highest BCUT2D eigenvalue weighted by atomic mass is 127. The number of halogens is 1. The van der Waals surface area contributed by atoms with Crippen LogP contribution in [0, 0.1) is 3.57 Å². The molecule has 0 unspecified atom stereocenters.